The summed E-state index contributed by atoms with van der Waals surface area (Å²) in [4.78, 5) is 9.74. The maximum atomic E-state index is 9.74. The van der Waals surface area contributed by atoms with Gasteiger partial charge in [-0.25, -0.2) is 4.79 Å². The second kappa shape index (κ2) is 3.36. The van der Waals surface area contributed by atoms with Crippen LogP contribution in [0.1, 0.15) is 0 Å². The number of hydrogen-bond donors (Lipinski definition) is 4. The maximum absolute atomic E-state index is 9.74. The molecule has 0 fully saturated rings. The summed E-state index contributed by atoms with van der Waals surface area (Å²) in [6, 6.07) is 0. The molecule has 5 nitrogen and oxygen atoms in total. The van der Waals surface area contributed by atoms with Crippen molar-refractivity contribution in [2.75, 3.05) is 6.54 Å². The molecular formula is C3H8N2O3. The van der Waals surface area contributed by atoms with Crippen LogP contribution in [0.25, 0.3) is 0 Å². The van der Waals surface area contributed by atoms with Crippen molar-refractivity contribution in [3.8, 4) is 0 Å². The van der Waals surface area contributed by atoms with E-state index in [1.54, 1.807) is 0 Å². The first-order chi connectivity index (χ1) is 3.68. The van der Waals surface area contributed by atoms with E-state index in [1.165, 1.54) is 0 Å². The van der Waals surface area contributed by atoms with Crippen LogP contribution in [0.4, 0.5) is 0 Å². The number of carbonyl (C=O) groups is 1. The monoisotopic (exact) mass is 120 g/mol. The molecule has 0 aliphatic rings. The Labute approximate surface area is 46.1 Å². The molecule has 0 saturated carbocycles. The summed E-state index contributed by atoms with van der Waals surface area (Å²) in [5.41, 5.74) is 2.02. The fourth-order valence-electron chi connectivity index (χ4n) is 0.199. The molecule has 0 rings (SSSR count). The molecule has 0 aliphatic heterocycles. The lowest BCUT2D eigenvalue weighted by Gasteiger charge is -2.00. The van der Waals surface area contributed by atoms with E-state index in [0.717, 1.165) is 0 Å². The van der Waals surface area contributed by atoms with Crippen molar-refractivity contribution < 1.29 is 15.0 Å². The number of nitrogens with two attached hydrogens (primary N) is 1. The predicted molar refractivity (Wildman–Crippen MR) is 25.8 cm³/mol. The Morgan fingerprint density at radius 2 is 2.38 bits per heavy atom. The molecular weight excluding hydrogens is 112 g/mol. The molecule has 5 N–H and O–H groups in total. The van der Waals surface area contributed by atoms with E-state index in [0.29, 0.717) is 0 Å². The van der Waals surface area contributed by atoms with Gasteiger partial charge in [0.2, 0.25) is 0 Å². The van der Waals surface area contributed by atoms with Crippen molar-refractivity contribution in [2.24, 2.45) is 5.84 Å². The van der Waals surface area contributed by atoms with E-state index in [4.69, 9.17) is 16.1 Å². The fraction of sp³-hybridized carbons (Fsp3) is 0.667. The number of aliphatic hydroxyl groups is 1. The summed E-state index contributed by atoms with van der Waals surface area (Å²) in [6.07, 6.45) is -1.40. The minimum absolute atomic E-state index is 0.130. The molecule has 0 radical (unpaired) electrons. The second-order valence-electron chi connectivity index (χ2n) is 1.26. The zero-order valence-electron chi connectivity index (χ0n) is 4.16. The van der Waals surface area contributed by atoms with Gasteiger partial charge in [0, 0.05) is 6.54 Å². The van der Waals surface area contributed by atoms with Gasteiger partial charge in [-0.1, -0.05) is 0 Å². The molecule has 0 aromatic carbocycles. The highest BCUT2D eigenvalue weighted by atomic mass is 16.4. The Bertz CT molecular complexity index is 84.6. The third-order valence-electron chi connectivity index (χ3n) is 0.596. The highest BCUT2D eigenvalue weighted by molar-refractivity contribution is 5.72. The van der Waals surface area contributed by atoms with E-state index in [1.807, 2.05) is 5.43 Å². The number of hydrogen-bond acceptors (Lipinski definition) is 4. The van der Waals surface area contributed by atoms with E-state index in [9.17, 15) is 4.79 Å². The van der Waals surface area contributed by atoms with Crippen molar-refractivity contribution in [3.05, 3.63) is 0 Å². The minimum atomic E-state index is -1.40. The Morgan fingerprint density at radius 3 is 2.50 bits per heavy atom. The largest absolute Gasteiger partial charge is 0.479 e. The lowest BCUT2D eigenvalue weighted by molar-refractivity contribution is -0.146. The van der Waals surface area contributed by atoms with Crippen LogP contribution in [0.3, 0.4) is 0 Å². The SMILES string of the molecule is NNCC(O)C(=O)O. The molecule has 0 amide bonds. The average molecular weight is 120 g/mol. The van der Waals surface area contributed by atoms with Crippen molar-refractivity contribution in [3.63, 3.8) is 0 Å². The maximum Gasteiger partial charge on any atom is 0.333 e. The van der Waals surface area contributed by atoms with Crippen LogP contribution >= 0.6 is 0 Å². The zero-order valence-corrected chi connectivity index (χ0v) is 4.16. The van der Waals surface area contributed by atoms with Crippen molar-refractivity contribution in [1.29, 1.82) is 0 Å². The quantitative estimate of drug-likeness (QED) is 0.252. The molecule has 1 unspecified atom stereocenters. The molecule has 0 spiro atoms. The molecule has 5 heteroatoms. The first kappa shape index (κ1) is 7.35. The van der Waals surface area contributed by atoms with Crippen LogP contribution < -0.4 is 11.3 Å². The van der Waals surface area contributed by atoms with Crippen LogP contribution in [0.5, 0.6) is 0 Å². The smallest absolute Gasteiger partial charge is 0.333 e. The van der Waals surface area contributed by atoms with Gasteiger partial charge >= 0.3 is 5.97 Å². The van der Waals surface area contributed by atoms with E-state index < -0.39 is 12.1 Å². The van der Waals surface area contributed by atoms with E-state index in [-0.39, 0.29) is 6.54 Å². The molecule has 0 bridgehead atoms. The fourth-order valence-corrected chi connectivity index (χ4v) is 0.199. The van der Waals surface area contributed by atoms with Gasteiger partial charge in [-0.3, -0.25) is 11.3 Å². The molecule has 0 heterocycles. The van der Waals surface area contributed by atoms with Gasteiger partial charge in [0.25, 0.3) is 0 Å². The van der Waals surface area contributed by atoms with Crippen molar-refractivity contribution >= 4 is 5.97 Å². The number of aliphatic hydroxyl groups excluding tert-OH is 1. The number of aliphatic carboxylic acids is 1. The standard InChI is InChI=1S/C3H8N2O3/c4-5-1-2(6)3(7)8/h2,5-6H,1,4H2,(H,7,8). The van der Waals surface area contributed by atoms with Gasteiger partial charge in [0.1, 0.15) is 0 Å². The van der Waals surface area contributed by atoms with Crippen molar-refractivity contribution in [2.45, 2.75) is 6.10 Å². The number of carboxylic acid groups (broad SMARTS) is 1. The van der Waals surface area contributed by atoms with Crippen LogP contribution in [-0.4, -0.2) is 28.8 Å². The summed E-state index contributed by atoms with van der Waals surface area (Å²) < 4.78 is 0. The topological polar surface area (TPSA) is 95.6 Å². The summed E-state index contributed by atoms with van der Waals surface area (Å²) in [5.74, 6) is 3.42. The number of hydrazine groups is 1. The highest BCUT2D eigenvalue weighted by Gasteiger charge is 2.09. The van der Waals surface area contributed by atoms with Gasteiger partial charge in [0.05, 0.1) is 0 Å². The van der Waals surface area contributed by atoms with E-state index in [2.05, 4.69) is 0 Å². The van der Waals surface area contributed by atoms with E-state index >= 15 is 0 Å². The van der Waals surface area contributed by atoms with Gasteiger partial charge in [-0.2, -0.15) is 0 Å². The molecule has 48 valence electrons. The molecule has 0 aromatic heterocycles. The molecule has 0 saturated heterocycles. The minimum Gasteiger partial charge on any atom is -0.479 e. The summed E-state index contributed by atoms with van der Waals surface area (Å²) >= 11 is 0. The first-order valence-corrected chi connectivity index (χ1v) is 2.03. The van der Waals surface area contributed by atoms with Gasteiger partial charge in [-0.15, -0.1) is 0 Å². The number of rotatable bonds is 3. The third-order valence-corrected chi connectivity index (χ3v) is 0.596. The summed E-state index contributed by atoms with van der Waals surface area (Å²) in [6.45, 7) is -0.130. The van der Waals surface area contributed by atoms with Crippen molar-refractivity contribution in [1.82, 2.24) is 5.43 Å². The second-order valence-corrected chi connectivity index (χ2v) is 1.26. The van der Waals surface area contributed by atoms with Crippen LogP contribution in [0.2, 0.25) is 0 Å². The zero-order chi connectivity index (χ0) is 6.57. The third kappa shape index (κ3) is 2.51. The number of carboxylic acids is 1. The van der Waals surface area contributed by atoms with Crippen LogP contribution in [0, 0.1) is 0 Å². The lowest BCUT2D eigenvalue weighted by Crippen LogP contribution is -2.36. The van der Waals surface area contributed by atoms with Gasteiger partial charge in [-0.05, 0) is 0 Å². The number of nitrogens with one attached hydrogen (secondary N) is 1. The van der Waals surface area contributed by atoms with Gasteiger partial charge in [0.15, 0.2) is 6.10 Å². The molecule has 1 atom stereocenters. The lowest BCUT2D eigenvalue weighted by atomic mass is 10.4. The molecule has 8 heavy (non-hydrogen) atoms. The average Bonchev–Trinajstić information content (AvgIpc) is 1.67. The van der Waals surface area contributed by atoms with Crippen LogP contribution in [-0.2, 0) is 4.79 Å². The predicted octanol–water partition coefficient (Wildman–Crippen LogP) is -2.10. The Kier molecular flexibility index (Phi) is 3.09. The summed E-state index contributed by atoms with van der Waals surface area (Å²) in [5, 5.41) is 16.4. The normalized spacial score (nSPS) is 13.2. The Balaban J connectivity index is 3.32. The molecule has 0 aliphatic carbocycles. The Morgan fingerprint density at radius 1 is 1.88 bits per heavy atom. The Hall–Kier alpha value is -0.650. The first-order valence-electron chi connectivity index (χ1n) is 2.03. The van der Waals surface area contributed by atoms with Gasteiger partial charge < -0.3 is 10.2 Å². The molecule has 0 aromatic rings. The van der Waals surface area contributed by atoms with Crippen LogP contribution in [0.15, 0.2) is 0 Å². The highest BCUT2D eigenvalue weighted by Crippen LogP contribution is 1.75. The summed E-state index contributed by atoms with van der Waals surface area (Å²) in [7, 11) is 0.